The van der Waals surface area contributed by atoms with Crippen LogP contribution in [0.2, 0.25) is 0 Å². The highest BCUT2D eigenvalue weighted by Crippen LogP contribution is 2.58. The van der Waals surface area contributed by atoms with Crippen molar-refractivity contribution in [2.75, 3.05) is 19.6 Å². The van der Waals surface area contributed by atoms with Gasteiger partial charge in [0.15, 0.2) is 5.78 Å². The second kappa shape index (κ2) is 6.14. The van der Waals surface area contributed by atoms with Crippen molar-refractivity contribution in [3.8, 4) is 0 Å². The van der Waals surface area contributed by atoms with Crippen molar-refractivity contribution in [2.45, 2.75) is 24.7 Å². The van der Waals surface area contributed by atoms with Gasteiger partial charge in [0.2, 0.25) is 0 Å². The first kappa shape index (κ1) is 15.5. The van der Waals surface area contributed by atoms with Crippen LogP contribution in [0, 0.1) is 11.7 Å². The molecule has 3 heteroatoms. The summed E-state index contributed by atoms with van der Waals surface area (Å²) in [5, 5.41) is 0. The maximum Gasteiger partial charge on any atom is 0.162 e. The summed E-state index contributed by atoms with van der Waals surface area (Å²) in [5.74, 6) is 0.596. The van der Waals surface area contributed by atoms with E-state index in [0.29, 0.717) is 17.4 Å². The van der Waals surface area contributed by atoms with Crippen LogP contribution in [0.3, 0.4) is 0 Å². The van der Waals surface area contributed by atoms with Crippen LogP contribution in [0.5, 0.6) is 0 Å². The van der Waals surface area contributed by atoms with Crippen molar-refractivity contribution in [2.24, 2.45) is 5.92 Å². The Morgan fingerprint density at radius 3 is 2.62 bits per heavy atom. The molecule has 24 heavy (non-hydrogen) atoms. The van der Waals surface area contributed by atoms with Gasteiger partial charge in [0, 0.05) is 30.5 Å². The lowest BCUT2D eigenvalue weighted by molar-refractivity contribution is 0.0975. The second-order valence-electron chi connectivity index (χ2n) is 7.19. The molecule has 2 aromatic rings. The quantitative estimate of drug-likeness (QED) is 0.747. The van der Waals surface area contributed by atoms with Crippen LogP contribution in [0.1, 0.15) is 35.2 Å². The monoisotopic (exact) mass is 323 g/mol. The minimum absolute atomic E-state index is 0.108. The molecule has 0 aromatic heterocycles. The first-order valence-corrected chi connectivity index (χ1v) is 8.74. The minimum Gasteiger partial charge on any atom is -0.302 e. The molecule has 2 nitrogen and oxygen atoms in total. The summed E-state index contributed by atoms with van der Waals surface area (Å²) in [6.07, 6.45) is 2.71. The second-order valence-corrected chi connectivity index (χ2v) is 7.19. The zero-order valence-corrected chi connectivity index (χ0v) is 13.7. The van der Waals surface area contributed by atoms with E-state index in [4.69, 9.17) is 0 Å². The molecule has 2 aliphatic rings. The third-order valence-electron chi connectivity index (χ3n) is 5.61. The van der Waals surface area contributed by atoms with Gasteiger partial charge in [-0.25, -0.2) is 4.39 Å². The number of Topliss-reactive ketones (excluding diaryl/α,β-unsaturated/α-hetero) is 1. The standard InChI is InChI=1S/C21H22FNO/c22-19-10-8-16(9-11-19)20(24)7-4-12-23-14-18-13-21(18,15-23)17-5-2-1-3-6-17/h1-3,5-6,8-11,18H,4,7,12-15H2. The van der Waals surface area contributed by atoms with Crippen LogP contribution in [-0.4, -0.2) is 30.3 Å². The van der Waals surface area contributed by atoms with E-state index in [1.807, 2.05) is 0 Å². The van der Waals surface area contributed by atoms with Crippen LogP contribution in [-0.2, 0) is 5.41 Å². The lowest BCUT2D eigenvalue weighted by Gasteiger charge is -2.20. The van der Waals surface area contributed by atoms with E-state index in [0.717, 1.165) is 32.0 Å². The molecule has 0 amide bonds. The van der Waals surface area contributed by atoms with Crippen LogP contribution < -0.4 is 0 Å². The van der Waals surface area contributed by atoms with Crippen molar-refractivity contribution >= 4 is 5.78 Å². The Hall–Kier alpha value is -2.00. The summed E-state index contributed by atoms with van der Waals surface area (Å²) in [4.78, 5) is 14.6. The molecule has 2 unspecified atom stereocenters. The van der Waals surface area contributed by atoms with Gasteiger partial charge >= 0.3 is 0 Å². The zero-order valence-electron chi connectivity index (χ0n) is 13.7. The van der Waals surface area contributed by atoms with Gasteiger partial charge in [-0.3, -0.25) is 4.79 Å². The van der Waals surface area contributed by atoms with Crippen LogP contribution in [0.25, 0.3) is 0 Å². The number of hydrogen-bond donors (Lipinski definition) is 0. The highest BCUT2D eigenvalue weighted by atomic mass is 19.1. The molecule has 1 heterocycles. The molecule has 2 aromatic carbocycles. The number of halogens is 1. The smallest absolute Gasteiger partial charge is 0.162 e. The molecule has 0 bridgehead atoms. The van der Waals surface area contributed by atoms with E-state index >= 15 is 0 Å². The first-order chi connectivity index (χ1) is 11.7. The number of hydrogen-bond acceptors (Lipinski definition) is 2. The third kappa shape index (κ3) is 2.89. The van der Waals surface area contributed by atoms with E-state index in [1.165, 1.54) is 24.1 Å². The van der Waals surface area contributed by atoms with Crippen molar-refractivity contribution < 1.29 is 9.18 Å². The molecule has 1 aliphatic heterocycles. The van der Waals surface area contributed by atoms with Gasteiger partial charge in [-0.1, -0.05) is 30.3 Å². The molecule has 2 fully saturated rings. The van der Waals surface area contributed by atoms with Crippen molar-refractivity contribution in [1.29, 1.82) is 0 Å². The van der Waals surface area contributed by atoms with Gasteiger partial charge in [-0.05, 0) is 55.1 Å². The van der Waals surface area contributed by atoms with Crippen LogP contribution >= 0.6 is 0 Å². The average Bonchev–Trinajstić information content (AvgIpc) is 3.18. The van der Waals surface area contributed by atoms with Gasteiger partial charge in [0.05, 0.1) is 0 Å². The maximum absolute atomic E-state index is 12.9. The largest absolute Gasteiger partial charge is 0.302 e. The third-order valence-corrected chi connectivity index (χ3v) is 5.61. The first-order valence-electron chi connectivity index (χ1n) is 8.74. The van der Waals surface area contributed by atoms with Gasteiger partial charge in [-0.15, -0.1) is 0 Å². The van der Waals surface area contributed by atoms with E-state index in [1.54, 1.807) is 12.1 Å². The highest BCUT2D eigenvalue weighted by molar-refractivity contribution is 5.95. The predicted octanol–water partition coefficient (Wildman–Crippen LogP) is 4.06. The lowest BCUT2D eigenvalue weighted by atomic mass is 9.95. The zero-order chi connectivity index (χ0) is 16.6. The molecule has 4 rings (SSSR count). The fourth-order valence-corrected chi connectivity index (χ4v) is 4.22. The summed E-state index contributed by atoms with van der Waals surface area (Å²) in [5.41, 5.74) is 2.46. The number of fused-ring (bicyclic) bond motifs is 1. The van der Waals surface area contributed by atoms with E-state index in [-0.39, 0.29) is 11.6 Å². The van der Waals surface area contributed by atoms with Crippen LogP contribution in [0.15, 0.2) is 54.6 Å². The summed E-state index contributed by atoms with van der Waals surface area (Å²) in [6.45, 7) is 3.24. The Kier molecular flexibility index (Phi) is 3.97. The molecule has 1 saturated carbocycles. The number of rotatable bonds is 6. The Bertz CT molecular complexity index is 727. The van der Waals surface area contributed by atoms with E-state index in [9.17, 15) is 9.18 Å². The van der Waals surface area contributed by atoms with Gasteiger partial charge < -0.3 is 4.90 Å². The van der Waals surface area contributed by atoms with E-state index < -0.39 is 0 Å². The van der Waals surface area contributed by atoms with Crippen molar-refractivity contribution in [3.05, 3.63) is 71.5 Å². The summed E-state index contributed by atoms with van der Waals surface area (Å²) in [6, 6.07) is 16.7. The summed E-state index contributed by atoms with van der Waals surface area (Å²) in [7, 11) is 0. The van der Waals surface area contributed by atoms with Crippen molar-refractivity contribution in [3.63, 3.8) is 0 Å². The van der Waals surface area contributed by atoms with E-state index in [2.05, 4.69) is 35.2 Å². The van der Waals surface area contributed by atoms with Gasteiger partial charge in [0.25, 0.3) is 0 Å². The maximum atomic E-state index is 12.9. The summed E-state index contributed by atoms with van der Waals surface area (Å²) < 4.78 is 12.9. The van der Waals surface area contributed by atoms with Crippen LogP contribution in [0.4, 0.5) is 4.39 Å². The fraction of sp³-hybridized carbons (Fsp3) is 0.381. The molecule has 0 radical (unpaired) electrons. The summed E-state index contributed by atoms with van der Waals surface area (Å²) >= 11 is 0. The average molecular weight is 323 g/mol. The topological polar surface area (TPSA) is 20.3 Å². The molecule has 0 N–H and O–H groups in total. The molecule has 0 spiro atoms. The Morgan fingerprint density at radius 2 is 1.88 bits per heavy atom. The number of nitrogens with zero attached hydrogens (tertiary/aromatic N) is 1. The number of ketones is 1. The molecule has 124 valence electrons. The Balaban J connectivity index is 1.28. The highest BCUT2D eigenvalue weighted by Gasteiger charge is 2.60. The molecular weight excluding hydrogens is 301 g/mol. The number of benzene rings is 2. The molecule has 2 atom stereocenters. The SMILES string of the molecule is O=C(CCCN1CC2CC2(c2ccccc2)C1)c1ccc(F)cc1. The number of carbonyl (C=O) groups excluding carboxylic acids is 1. The Labute approximate surface area is 142 Å². The molecular formula is C21H22FNO. The van der Waals surface area contributed by atoms with Gasteiger partial charge in [0.1, 0.15) is 5.82 Å². The number of piperidine rings is 1. The van der Waals surface area contributed by atoms with Gasteiger partial charge in [-0.2, -0.15) is 0 Å². The van der Waals surface area contributed by atoms with Crippen molar-refractivity contribution in [1.82, 2.24) is 4.90 Å². The predicted molar refractivity (Wildman–Crippen MR) is 92.6 cm³/mol. The molecule has 1 saturated heterocycles. The number of carbonyl (C=O) groups is 1. The molecule has 1 aliphatic carbocycles. The number of likely N-dealkylation sites (tertiary alicyclic amines) is 1. The normalized spacial score (nSPS) is 25.5. The lowest BCUT2D eigenvalue weighted by Crippen LogP contribution is -2.27. The fourth-order valence-electron chi connectivity index (χ4n) is 4.22. The Morgan fingerprint density at radius 1 is 1.12 bits per heavy atom. The minimum atomic E-state index is -0.297.